The monoisotopic (exact) mass is 338 g/mol. The lowest BCUT2D eigenvalue weighted by Gasteiger charge is -2.14. The van der Waals surface area contributed by atoms with E-state index in [1.807, 2.05) is 24.3 Å². The second-order valence-electron chi connectivity index (χ2n) is 5.66. The summed E-state index contributed by atoms with van der Waals surface area (Å²) < 4.78 is 5.26. The number of hydrogen-bond donors (Lipinski definition) is 1. The SMILES string of the molecule is COc1ccccc1CNC(=O)c1ccc(N2C(=O)CCC2=O)cc1. The highest BCUT2D eigenvalue weighted by Crippen LogP contribution is 2.23. The summed E-state index contributed by atoms with van der Waals surface area (Å²) in [5.41, 5.74) is 1.83. The third-order valence-corrected chi connectivity index (χ3v) is 4.07. The van der Waals surface area contributed by atoms with Crippen LogP contribution in [0.1, 0.15) is 28.8 Å². The number of ether oxygens (including phenoxy) is 1. The van der Waals surface area contributed by atoms with E-state index in [-0.39, 0.29) is 30.6 Å². The fraction of sp³-hybridized carbons (Fsp3) is 0.211. The van der Waals surface area contributed by atoms with Crippen LogP contribution in [0.25, 0.3) is 0 Å². The molecule has 2 aromatic carbocycles. The molecule has 6 heteroatoms. The Balaban J connectivity index is 1.67. The van der Waals surface area contributed by atoms with Crippen LogP contribution in [-0.4, -0.2) is 24.8 Å². The van der Waals surface area contributed by atoms with Crippen LogP contribution in [0, 0.1) is 0 Å². The van der Waals surface area contributed by atoms with Crippen molar-refractivity contribution in [2.24, 2.45) is 0 Å². The Morgan fingerprint density at radius 3 is 2.32 bits per heavy atom. The van der Waals surface area contributed by atoms with Gasteiger partial charge in [-0.25, -0.2) is 0 Å². The molecule has 1 heterocycles. The minimum Gasteiger partial charge on any atom is -0.496 e. The predicted octanol–water partition coefficient (Wildman–Crippen LogP) is 2.28. The van der Waals surface area contributed by atoms with Crippen molar-refractivity contribution in [3.63, 3.8) is 0 Å². The van der Waals surface area contributed by atoms with E-state index >= 15 is 0 Å². The molecule has 0 aliphatic carbocycles. The first-order valence-electron chi connectivity index (χ1n) is 7.96. The van der Waals surface area contributed by atoms with Gasteiger partial charge in [0, 0.05) is 30.5 Å². The van der Waals surface area contributed by atoms with Crippen LogP contribution in [0.3, 0.4) is 0 Å². The predicted molar refractivity (Wildman–Crippen MR) is 92.3 cm³/mol. The van der Waals surface area contributed by atoms with Gasteiger partial charge in [-0.2, -0.15) is 0 Å². The minimum atomic E-state index is -0.239. The maximum atomic E-state index is 12.3. The third kappa shape index (κ3) is 3.52. The van der Waals surface area contributed by atoms with E-state index < -0.39 is 0 Å². The third-order valence-electron chi connectivity index (χ3n) is 4.07. The summed E-state index contributed by atoms with van der Waals surface area (Å²) in [6.45, 7) is 0.341. The topological polar surface area (TPSA) is 75.7 Å². The van der Waals surface area contributed by atoms with Gasteiger partial charge in [-0.1, -0.05) is 18.2 Å². The Morgan fingerprint density at radius 2 is 1.68 bits per heavy atom. The van der Waals surface area contributed by atoms with Crippen LogP contribution in [0.4, 0.5) is 5.69 Å². The van der Waals surface area contributed by atoms with Gasteiger partial charge in [-0.05, 0) is 30.3 Å². The summed E-state index contributed by atoms with van der Waals surface area (Å²) >= 11 is 0. The van der Waals surface area contributed by atoms with Gasteiger partial charge < -0.3 is 10.1 Å². The molecule has 0 spiro atoms. The summed E-state index contributed by atoms with van der Waals surface area (Å²) in [7, 11) is 1.58. The first-order valence-corrected chi connectivity index (χ1v) is 7.96. The van der Waals surface area contributed by atoms with E-state index in [1.165, 1.54) is 0 Å². The van der Waals surface area contributed by atoms with Crippen molar-refractivity contribution in [3.8, 4) is 5.75 Å². The minimum absolute atomic E-state index is 0.210. The second kappa shape index (κ2) is 7.17. The Morgan fingerprint density at radius 1 is 1.04 bits per heavy atom. The molecular formula is C19H18N2O4. The zero-order valence-corrected chi connectivity index (χ0v) is 13.8. The van der Waals surface area contributed by atoms with Crippen LogP contribution < -0.4 is 15.0 Å². The number of nitrogens with one attached hydrogen (secondary N) is 1. The lowest BCUT2D eigenvalue weighted by atomic mass is 10.1. The largest absolute Gasteiger partial charge is 0.496 e. The molecule has 2 aromatic rings. The van der Waals surface area contributed by atoms with Gasteiger partial charge in [0.25, 0.3) is 5.91 Å². The summed E-state index contributed by atoms with van der Waals surface area (Å²) in [6.07, 6.45) is 0.472. The summed E-state index contributed by atoms with van der Waals surface area (Å²) in [6, 6.07) is 13.9. The molecule has 0 aromatic heterocycles. The van der Waals surface area contributed by atoms with E-state index in [0.29, 0.717) is 23.5 Å². The maximum absolute atomic E-state index is 12.3. The number of imide groups is 1. The number of hydrogen-bond acceptors (Lipinski definition) is 4. The quantitative estimate of drug-likeness (QED) is 0.849. The molecule has 1 N–H and O–H groups in total. The Labute approximate surface area is 145 Å². The van der Waals surface area contributed by atoms with Gasteiger partial charge in [0.1, 0.15) is 5.75 Å². The fourth-order valence-corrected chi connectivity index (χ4v) is 2.75. The zero-order chi connectivity index (χ0) is 17.8. The number of benzene rings is 2. The highest BCUT2D eigenvalue weighted by molar-refractivity contribution is 6.19. The fourth-order valence-electron chi connectivity index (χ4n) is 2.75. The van der Waals surface area contributed by atoms with E-state index in [9.17, 15) is 14.4 Å². The highest BCUT2D eigenvalue weighted by Gasteiger charge is 2.30. The molecule has 1 aliphatic heterocycles. The zero-order valence-electron chi connectivity index (χ0n) is 13.8. The molecule has 128 valence electrons. The Bertz CT molecular complexity index is 798. The number of amides is 3. The van der Waals surface area contributed by atoms with Crippen molar-refractivity contribution in [3.05, 3.63) is 59.7 Å². The molecule has 0 bridgehead atoms. The molecule has 0 saturated carbocycles. The molecule has 0 radical (unpaired) electrons. The van der Waals surface area contributed by atoms with Crippen LogP contribution in [-0.2, 0) is 16.1 Å². The first kappa shape index (κ1) is 16.7. The second-order valence-corrected chi connectivity index (χ2v) is 5.66. The Kier molecular flexibility index (Phi) is 4.79. The van der Waals surface area contributed by atoms with E-state index in [1.54, 1.807) is 31.4 Å². The van der Waals surface area contributed by atoms with Crippen molar-refractivity contribution in [1.29, 1.82) is 0 Å². The van der Waals surface area contributed by atoms with Crippen molar-refractivity contribution < 1.29 is 19.1 Å². The molecule has 6 nitrogen and oxygen atoms in total. The number of rotatable bonds is 5. The number of nitrogens with zero attached hydrogens (tertiary/aromatic N) is 1. The summed E-state index contributed by atoms with van der Waals surface area (Å²) in [5, 5.41) is 2.83. The van der Waals surface area contributed by atoms with Gasteiger partial charge in [0.05, 0.1) is 12.8 Å². The van der Waals surface area contributed by atoms with Crippen molar-refractivity contribution >= 4 is 23.4 Å². The van der Waals surface area contributed by atoms with Crippen LogP contribution in [0.15, 0.2) is 48.5 Å². The lowest BCUT2D eigenvalue weighted by Crippen LogP contribution is -2.28. The molecule has 1 fully saturated rings. The molecular weight excluding hydrogens is 320 g/mol. The number of carbonyl (C=O) groups is 3. The van der Waals surface area contributed by atoms with Crippen molar-refractivity contribution in [2.45, 2.75) is 19.4 Å². The number of anilines is 1. The summed E-state index contributed by atoms with van der Waals surface area (Å²) in [4.78, 5) is 36.9. The molecule has 0 atom stereocenters. The standard InChI is InChI=1S/C19H18N2O4/c1-25-16-5-3-2-4-14(16)12-20-19(24)13-6-8-15(9-7-13)21-17(22)10-11-18(21)23/h2-9H,10-12H2,1H3,(H,20,24). The van der Waals surface area contributed by atoms with E-state index in [2.05, 4.69) is 5.32 Å². The molecule has 1 aliphatic rings. The average Bonchev–Trinajstić information content (AvgIpc) is 2.98. The molecule has 3 rings (SSSR count). The first-order chi connectivity index (χ1) is 12.1. The molecule has 3 amide bonds. The lowest BCUT2D eigenvalue weighted by molar-refractivity contribution is -0.121. The number of carbonyl (C=O) groups excluding carboxylic acids is 3. The molecule has 25 heavy (non-hydrogen) atoms. The van der Waals surface area contributed by atoms with Gasteiger partial charge in [-0.3, -0.25) is 19.3 Å². The highest BCUT2D eigenvalue weighted by atomic mass is 16.5. The smallest absolute Gasteiger partial charge is 0.251 e. The van der Waals surface area contributed by atoms with Crippen molar-refractivity contribution in [2.75, 3.05) is 12.0 Å². The Hall–Kier alpha value is -3.15. The van der Waals surface area contributed by atoms with Crippen LogP contribution >= 0.6 is 0 Å². The van der Waals surface area contributed by atoms with Crippen molar-refractivity contribution in [1.82, 2.24) is 5.32 Å². The van der Waals surface area contributed by atoms with Gasteiger partial charge in [0.2, 0.25) is 11.8 Å². The number of methoxy groups -OCH3 is 1. The number of para-hydroxylation sites is 1. The van der Waals surface area contributed by atoms with E-state index in [4.69, 9.17) is 4.74 Å². The maximum Gasteiger partial charge on any atom is 0.251 e. The van der Waals surface area contributed by atoms with Crippen LogP contribution in [0.2, 0.25) is 0 Å². The summed E-state index contributed by atoms with van der Waals surface area (Å²) in [5.74, 6) is 0.0532. The van der Waals surface area contributed by atoms with Gasteiger partial charge in [-0.15, -0.1) is 0 Å². The van der Waals surface area contributed by atoms with Gasteiger partial charge >= 0.3 is 0 Å². The van der Waals surface area contributed by atoms with E-state index in [0.717, 1.165) is 10.5 Å². The molecule has 1 saturated heterocycles. The normalized spacial score (nSPS) is 13.9. The van der Waals surface area contributed by atoms with Crippen LogP contribution in [0.5, 0.6) is 5.75 Å². The average molecular weight is 338 g/mol. The van der Waals surface area contributed by atoms with Gasteiger partial charge in [0.15, 0.2) is 0 Å². The molecule has 0 unspecified atom stereocenters.